The van der Waals surface area contributed by atoms with Crippen molar-refractivity contribution in [3.05, 3.63) is 184 Å². The second-order valence-corrected chi connectivity index (χ2v) is 19.2. The highest BCUT2D eigenvalue weighted by molar-refractivity contribution is 7.26. The second kappa shape index (κ2) is 11.5. The van der Waals surface area contributed by atoms with Crippen molar-refractivity contribution in [3.63, 3.8) is 0 Å². The van der Waals surface area contributed by atoms with Crippen LogP contribution in [0.4, 0.5) is 5.00 Å². The van der Waals surface area contributed by atoms with Crippen LogP contribution in [0.15, 0.2) is 150 Å². The molecule has 2 nitrogen and oxygen atoms in total. The molecule has 2 atom stereocenters. The first-order valence-electron chi connectivity index (χ1n) is 19.8. The molecule has 3 heterocycles. The van der Waals surface area contributed by atoms with E-state index in [1.165, 1.54) is 90.9 Å². The first kappa shape index (κ1) is 32.7. The summed E-state index contributed by atoms with van der Waals surface area (Å²) in [5.41, 5.74) is 17.5. The zero-order valence-electron chi connectivity index (χ0n) is 31.9. The average Bonchev–Trinajstić information content (AvgIpc) is 3.92. The van der Waals surface area contributed by atoms with Crippen molar-refractivity contribution >= 4 is 63.6 Å². The maximum Gasteiger partial charge on any atom is 0.147 e. The van der Waals surface area contributed by atoms with Crippen molar-refractivity contribution in [3.8, 4) is 22.3 Å². The monoisotopic (exact) mass is 756 g/mol. The second-order valence-electron chi connectivity index (χ2n) is 17.1. The summed E-state index contributed by atoms with van der Waals surface area (Å²) in [7, 11) is 0. The van der Waals surface area contributed by atoms with E-state index in [0.29, 0.717) is 5.92 Å². The van der Waals surface area contributed by atoms with Crippen molar-refractivity contribution in [2.24, 2.45) is 4.99 Å². The number of anilines is 1. The fourth-order valence-corrected chi connectivity index (χ4v) is 12.8. The van der Waals surface area contributed by atoms with Crippen LogP contribution in [-0.4, -0.2) is 5.71 Å². The van der Waals surface area contributed by atoms with Gasteiger partial charge in [0.2, 0.25) is 0 Å². The van der Waals surface area contributed by atoms with E-state index in [0.717, 1.165) is 17.7 Å². The summed E-state index contributed by atoms with van der Waals surface area (Å²) in [6.45, 7) is 9.68. The van der Waals surface area contributed by atoms with Gasteiger partial charge < -0.3 is 5.32 Å². The van der Waals surface area contributed by atoms with E-state index in [-0.39, 0.29) is 17.0 Å². The van der Waals surface area contributed by atoms with Crippen molar-refractivity contribution in [2.75, 3.05) is 5.32 Å². The van der Waals surface area contributed by atoms with Gasteiger partial charge in [-0.2, -0.15) is 0 Å². The van der Waals surface area contributed by atoms with Crippen molar-refractivity contribution < 1.29 is 0 Å². The summed E-state index contributed by atoms with van der Waals surface area (Å²) in [5, 5.41) is 8.92. The van der Waals surface area contributed by atoms with Gasteiger partial charge in [0.25, 0.3) is 0 Å². The lowest BCUT2D eigenvalue weighted by Crippen LogP contribution is -2.19. The fraction of sp³-hybridized carbons (Fsp3) is 0.173. The molecule has 8 aromatic rings. The molecule has 3 aliphatic carbocycles. The largest absolute Gasteiger partial charge is 0.351 e. The Kier molecular flexibility index (Phi) is 6.71. The molecule has 0 radical (unpaired) electrons. The molecule has 12 rings (SSSR count). The number of allylic oxidation sites excluding steroid dienone is 4. The van der Waals surface area contributed by atoms with E-state index in [4.69, 9.17) is 4.99 Å². The molecule has 6 aromatic carbocycles. The van der Waals surface area contributed by atoms with Gasteiger partial charge in [-0.15, -0.1) is 22.7 Å². The SMILES string of the molecule is CC1(C)C2=CC=CCC2c2cc3c(cc21)-c1cc(-c2ccc4sc5c(C6N=C(c7ccccc7)c7c(sc8ccccc78)N6)cccc5c4c2)ccc1C3(C)C. The van der Waals surface area contributed by atoms with E-state index >= 15 is 0 Å². The van der Waals surface area contributed by atoms with Crippen LogP contribution in [0, 0.1) is 0 Å². The van der Waals surface area contributed by atoms with Gasteiger partial charge in [0, 0.05) is 63.7 Å². The number of hydrogen-bond acceptors (Lipinski definition) is 4. The van der Waals surface area contributed by atoms with Gasteiger partial charge in [-0.25, -0.2) is 0 Å². The van der Waals surface area contributed by atoms with Crippen molar-refractivity contribution in [1.29, 1.82) is 0 Å². The summed E-state index contributed by atoms with van der Waals surface area (Å²) in [6, 6.07) is 45.6. The van der Waals surface area contributed by atoms with Crippen LogP contribution >= 0.6 is 22.7 Å². The highest BCUT2D eigenvalue weighted by atomic mass is 32.1. The molecule has 2 unspecified atom stereocenters. The highest BCUT2D eigenvalue weighted by Crippen LogP contribution is 2.58. The smallest absolute Gasteiger partial charge is 0.147 e. The maximum atomic E-state index is 5.50. The maximum absolute atomic E-state index is 5.50. The average molecular weight is 757 g/mol. The van der Waals surface area contributed by atoms with E-state index < -0.39 is 0 Å². The first-order valence-corrected chi connectivity index (χ1v) is 21.5. The molecule has 1 N–H and O–H groups in total. The van der Waals surface area contributed by atoms with Crippen LogP contribution < -0.4 is 5.32 Å². The third-order valence-corrected chi connectivity index (χ3v) is 15.7. The lowest BCUT2D eigenvalue weighted by molar-refractivity contribution is 0.612. The fourth-order valence-electron chi connectivity index (χ4n) is 10.5. The number of aliphatic imine (C=N–C) groups is 1. The first-order chi connectivity index (χ1) is 27.3. The predicted octanol–water partition coefficient (Wildman–Crippen LogP) is 14.5. The molecule has 1 aliphatic heterocycles. The summed E-state index contributed by atoms with van der Waals surface area (Å²) in [4.78, 5) is 5.50. The molecule has 0 amide bonds. The van der Waals surface area contributed by atoms with Gasteiger partial charge in [-0.1, -0.05) is 142 Å². The standard InChI is InChI=1S/C52H40N2S2/c1-51(2)40-19-10-8-15-32(40)37-27-43-38(28-42(37)51)36-25-30(21-23-41(36)52(43,3)4)31-22-24-45-39(26-31)33-17-12-18-35(48(33)55-45)49-53-47(29-13-6-5-7-14-29)46-34-16-9-11-20-44(34)56-50(46)54-49/h5-14,16-28,32,49,54H,15H2,1-4H3. The Bertz CT molecular complexity index is 3090. The molecule has 0 saturated heterocycles. The third kappa shape index (κ3) is 4.46. The minimum absolute atomic E-state index is 0.0376. The summed E-state index contributed by atoms with van der Waals surface area (Å²) >= 11 is 3.71. The van der Waals surface area contributed by atoms with Crippen molar-refractivity contribution in [1.82, 2.24) is 0 Å². The number of benzene rings is 6. The molecule has 56 heavy (non-hydrogen) atoms. The molecule has 0 bridgehead atoms. The van der Waals surface area contributed by atoms with Gasteiger partial charge in [0.05, 0.1) is 5.71 Å². The number of fused-ring (bicyclic) bond motifs is 12. The molecule has 4 aliphatic rings. The van der Waals surface area contributed by atoms with Gasteiger partial charge in [-0.3, -0.25) is 4.99 Å². The van der Waals surface area contributed by atoms with Crippen LogP contribution in [0.5, 0.6) is 0 Å². The Morgan fingerprint density at radius 1 is 0.607 bits per heavy atom. The van der Waals surface area contributed by atoms with E-state index in [9.17, 15) is 0 Å². The van der Waals surface area contributed by atoms with Crippen LogP contribution in [0.2, 0.25) is 0 Å². The molecule has 0 spiro atoms. The molecule has 0 fully saturated rings. The topological polar surface area (TPSA) is 24.4 Å². The zero-order valence-corrected chi connectivity index (χ0v) is 33.5. The van der Waals surface area contributed by atoms with E-state index in [2.05, 4.69) is 173 Å². The third-order valence-electron chi connectivity index (χ3n) is 13.3. The molecule has 270 valence electrons. The molecular weight excluding hydrogens is 717 g/mol. The lowest BCUT2D eigenvalue weighted by atomic mass is 9.78. The number of nitrogens with one attached hydrogen (secondary N) is 1. The van der Waals surface area contributed by atoms with Gasteiger partial charge >= 0.3 is 0 Å². The Hall–Kier alpha value is -5.55. The van der Waals surface area contributed by atoms with Crippen LogP contribution in [0.25, 0.3) is 52.5 Å². The quantitative estimate of drug-likeness (QED) is 0.191. The Morgan fingerprint density at radius 3 is 2.27 bits per heavy atom. The van der Waals surface area contributed by atoms with Crippen LogP contribution in [0.1, 0.15) is 85.1 Å². The molecule has 4 heteroatoms. The Balaban J connectivity index is 0.963. The molecular formula is C52H40N2S2. The Morgan fingerprint density at radius 2 is 1.38 bits per heavy atom. The number of thiophene rings is 2. The van der Waals surface area contributed by atoms with Crippen LogP contribution in [-0.2, 0) is 10.8 Å². The summed E-state index contributed by atoms with van der Waals surface area (Å²) in [6.07, 6.45) is 7.90. The summed E-state index contributed by atoms with van der Waals surface area (Å²) in [5.74, 6) is 0.498. The van der Waals surface area contributed by atoms with Crippen LogP contribution in [0.3, 0.4) is 0 Å². The predicted molar refractivity (Wildman–Crippen MR) is 240 cm³/mol. The number of rotatable bonds is 3. The summed E-state index contributed by atoms with van der Waals surface area (Å²) < 4.78 is 3.88. The molecule has 2 aromatic heterocycles. The number of hydrogen-bond donors (Lipinski definition) is 1. The minimum atomic E-state index is -0.190. The number of nitrogens with zero attached hydrogens (tertiary/aromatic N) is 1. The highest BCUT2D eigenvalue weighted by Gasteiger charge is 2.45. The van der Waals surface area contributed by atoms with Gasteiger partial charge in [0.15, 0.2) is 0 Å². The van der Waals surface area contributed by atoms with Gasteiger partial charge in [-0.05, 0) is 81.3 Å². The van der Waals surface area contributed by atoms with Crippen molar-refractivity contribution in [2.45, 2.75) is 57.0 Å². The van der Waals surface area contributed by atoms with E-state index in [1.807, 2.05) is 22.7 Å². The molecule has 0 saturated carbocycles. The Labute approximate surface area is 335 Å². The lowest BCUT2D eigenvalue weighted by Gasteiger charge is -2.25. The van der Waals surface area contributed by atoms with E-state index in [1.54, 1.807) is 5.57 Å². The zero-order chi connectivity index (χ0) is 37.5. The van der Waals surface area contributed by atoms with Gasteiger partial charge in [0.1, 0.15) is 11.2 Å². The normalized spacial score (nSPS) is 19.6. The minimum Gasteiger partial charge on any atom is -0.351 e.